The number of carbonyl (C=O) groups excluding carboxylic acids is 1. The van der Waals surface area contributed by atoms with Gasteiger partial charge in [-0.05, 0) is 19.1 Å². The first-order valence-electron chi connectivity index (χ1n) is 7.43. The van der Waals surface area contributed by atoms with Gasteiger partial charge in [0.15, 0.2) is 5.69 Å². The minimum atomic E-state index is -0.133. The summed E-state index contributed by atoms with van der Waals surface area (Å²) in [4.78, 5) is 18.8. The predicted octanol–water partition coefficient (Wildman–Crippen LogP) is 1.97. The molecule has 7 nitrogen and oxygen atoms in total. The molecule has 116 valence electrons. The lowest BCUT2D eigenvalue weighted by Gasteiger charge is -2.24. The fourth-order valence-electron chi connectivity index (χ4n) is 2.71. The summed E-state index contributed by atoms with van der Waals surface area (Å²) in [6.07, 6.45) is 0.651. The monoisotopic (exact) mass is 309 g/mol. The van der Waals surface area contributed by atoms with Crippen LogP contribution < -0.4 is 0 Å². The third-order valence-corrected chi connectivity index (χ3v) is 3.96. The Labute approximate surface area is 132 Å². The summed E-state index contributed by atoms with van der Waals surface area (Å²) >= 11 is 0. The Kier molecular flexibility index (Phi) is 3.18. The number of hydrogen-bond acceptors (Lipinski definition) is 5. The average Bonchev–Trinajstić information content (AvgIpc) is 3.20. The molecule has 1 aliphatic rings. The molecule has 1 aliphatic heterocycles. The van der Waals surface area contributed by atoms with Crippen LogP contribution in [0.5, 0.6) is 0 Å². The van der Waals surface area contributed by atoms with E-state index in [2.05, 4.69) is 20.4 Å². The number of fused-ring (bicyclic) bond motifs is 1. The Morgan fingerprint density at radius 3 is 2.83 bits per heavy atom. The first-order chi connectivity index (χ1) is 11.2. The Bertz CT molecular complexity index is 852. The number of rotatable bonds is 2. The zero-order valence-electron chi connectivity index (χ0n) is 12.6. The maximum Gasteiger partial charge on any atom is 0.276 e. The fourth-order valence-corrected chi connectivity index (χ4v) is 2.71. The summed E-state index contributed by atoms with van der Waals surface area (Å²) in [5.41, 5.74) is 2.71. The number of amides is 1. The molecule has 0 bridgehead atoms. The van der Waals surface area contributed by atoms with Crippen molar-refractivity contribution >= 4 is 5.91 Å². The number of aromatic nitrogens is 4. The summed E-state index contributed by atoms with van der Waals surface area (Å²) in [5, 5.41) is 10.3. The molecule has 0 aliphatic carbocycles. The van der Waals surface area contributed by atoms with Crippen LogP contribution in [0.2, 0.25) is 0 Å². The van der Waals surface area contributed by atoms with Gasteiger partial charge in [0.2, 0.25) is 5.89 Å². The fraction of sp³-hybridized carbons (Fsp3) is 0.250. The highest BCUT2D eigenvalue weighted by Crippen LogP contribution is 2.26. The lowest BCUT2D eigenvalue weighted by atomic mass is 10.1. The maximum absolute atomic E-state index is 12.5. The van der Waals surface area contributed by atoms with Crippen LogP contribution in [0.15, 0.2) is 34.7 Å². The van der Waals surface area contributed by atoms with Crippen molar-refractivity contribution in [1.82, 2.24) is 25.3 Å². The largest absolute Gasteiger partial charge is 0.441 e. The number of aromatic amines is 1. The van der Waals surface area contributed by atoms with Gasteiger partial charge in [-0.1, -0.05) is 18.2 Å². The molecule has 0 radical (unpaired) electrons. The Morgan fingerprint density at radius 2 is 2.09 bits per heavy atom. The molecule has 4 rings (SSSR count). The Balaban J connectivity index is 1.59. The van der Waals surface area contributed by atoms with Crippen LogP contribution in [0.3, 0.4) is 0 Å². The minimum Gasteiger partial charge on any atom is -0.441 e. The lowest BCUT2D eigenvalue weighted by Crippen LogP contribution is -2.36. The van der Waals surface area contributed by atoms with Gasteiger partial charge in [-0.2, -0.15) is 15.4 Å². The van der Waals surface area contributed by atoms with Gasteiger partial charge in [-0.15, -0.1) is 0 Å². The van der Waals surface area contributed by atoms with Crippen LogP contribution >= 0.6 is 0 Å². The molecule has 7 heteroatoms. The van der Waals surface area contributed by atoms with E-state index in [1.807, 2.05) is 30.3 Å². The number of carbonyl (C=O) groups is 1. The van der Waals surface area contributed by atoms with Crippen molar-refractivity contribution in [1.29, 1.82) is 0 Å². The molecule has 0 atom stereocenters. The van der Waals surface area contributed by atoms with Gasteiger partial charge in [0.25, 0.3) is 5.91 Å². The number of nitrogens with zero attached hydrogens (tertiary/aromatic N) is 4. The van der Waals surface area contributed by atoms with Gasteiger partial charge in [0, 0.05) is 18.5 Å². The van der Waals surface area contributed by atoms with E-state index in [-0.39, 0.29) is 5.91 Å². The van der Waals surface area contributed by atoms with Crippen molar-refractivity contribution in [3.05, 3.63) is 53.2 Å². The van der Waals surface area contributed by atoms with Crippen LogP contribution in [-0.2, 0) is 13.0 Å². The standard InChI is InChI=1S/C16H15N5O2/c1-10-14(19-20-18-10)16(22)21-8-7-13-12(9-21)17-15(23-13)11-5-3-2-4-6-11/h2-6H,7-9H2,1H3,(H,18,19,20). The van der Waals surface area contributed by atoms with Gasteiger partial charge in [-0.25, -0.2) is 4.98 Å². The first-order valence-corrected chi connectivity index (χ1v) is 7.43. The smallest absolute Gasteiger partial charge is 0.276 e. The molecule has 1 aromatic carbocycles. The zero-order chi connectivity index (χ0) is 15.8. The normalized spacial score (nSPS) is 13.9. The van der Waals surface area contributed by atoms with Crippen LogP contribution in [0, 0.1) is 6.92 Å². The number of aryl methyl sites for hydroxylation is 1. The van der Waals surface area contributed by atoms with Gasteiger partial charge in [-0.3, -0.25) is 4.79 Å². The third kappa shape index (κ3) is 2.40. The van der Waals surface area contributed by atoms with E-state index in [0.29, 0.717) is 36.8 Å². The second-order valence-corrected chi connectivity index (χ2v) is 5.49. The molecule has 1 N–H and O–H groups in total. The molecular formula is C16H15N5O2. The van der Waals surface area contributed by atoms with Gasteiger partial charge < -0.3 is 9.32 Å². The molecular weight excluding hydrogens is 294 g/mol. The summed E-state index contributed by atoms with van der Waals surface area (Å²) in [6.45, 7) is 2.77. The molecule has 0 spiro atoms. The van der Waals surface area contributed by atoms with Crippen molar-refractivity contribution in [2.75, 3.05) is 6.54 Å². The number of oxazole rings is 1. The van der Waals surface area contributed by atoms with Crippen LogP contribution in [0.1, 0.15) is 27.6 Å². The van der Waals surface area contributed by atoms with E-state index >= 15 is 0 Å². The number of benzene rings is 1. The molecule has 0 saturated heterocycles. The SMILES string of the molecule is Cc1n[nH]nc1C(=O)N1CCc2oc(-c3ccccc3)nc2C1. The van der Waals surface area contributed by atoms with E-state index in [9.17, 15) is 4.79 Å². The van der Waals surface area contributed by atoms with Gasteiger partial charge in [0.05, 0.1) is 12.2 Å². The van der Waals surface area contributed by atoms with Crippen molar-refractivity contribution in [2.45, 2.75) is 19.9 Å². The Morgan fingerprint density at radius 1 is 1.26 bits per heavy atom. The van der Waals surface area contributed by atoms with E-state index in [0.717, 1.165) is 17.0 Å². The predicted molar refractivity (Wildman–Crippen MR) is 81.5 cm³/mol. The topological polar surface area (TPSA) is 87.9 Å². The first kappa shape index (κ1) is 13.7. The highest BCUT2D eigenvalue weighted by molar-refractivity contribution is 5.93. The van der Waals surface area contributed by atoms with Crippen molar-refractivity contribution in [3.63, 3.8) is 0 Å². The maximum atomic E-state index is 12.5. The van der Waals surface area contributed by atoms with E-state index < -0.39 is 0 Å². The molecule has 1 amide bonds. The van der Waals surface area contributed by atoms with Crippen molar-refractivity contribution in [2.24, 2.45) is 0 Å². The zero-order valence-corrected chi connectivity index (χ0v) is 12.6. The van der Waals surface area contributed by atoms with Gasteiger partial charge in [0.1, 0.15) is 11.5 Å². The number of hydrogen-bond donors (Lipinski definition) is 1. The summed E-state index contributed by atoms with van der Waals surface area (Å²) in [7, 11) is 0. The second-order valence-electron chi connectivity index (χ2n) is 5.49. The highest BCUT2D eigenvalue weighted by Gasteiger charge is 2.28. The minimum absolute atomic E-state index is 0.133. The summed E-state index contributed by atoms with van der Waals surface area (Å²) in [6, 6.07) is 9.76. The molecule has 0 fully saturated rings. The van der Waals surface area contributed by atoms with Crippen LogP contribution in [0.4, 0.5) is 0 Å². The summed E-state index contributed by atoms with van der Waals surface area (Å²) in [5.74, 6) is 1.32. The molecule has 0 unspecified atom stereocenters. The Hall–Kier alpha value is -2.96. The van der Waals surface area contributed by atoms with Crippen LogP contribution in [0.25, 0.3) is 11.5 Å². The second kappa shape index (κ2) is 5.35. The molecule has 3 heterocycles. The molecule has 23 heavy (non-hydrogen) atoms. The van der Waals surface area contributed by atoms with Crippen LogP contribution in [-0.4, -0.2) is 37.7 Å². The van der Waals surface area contributed by atoms with E-state index in [1.54, 1.807) is 11.8 Å². The van der Waals surface area contributed by atoms with Gasteiger partial charge >= 0.3 is 0 Å². The third-order valence-electron chi connectivity index (χ3n) is 3.96. The number of nitrogens with one attached hydrogen (secondary N) is 1. The van der Waals surface area contributed by atoms with Crippen molar-refractivity contribution in [3.8, 4) is 11.5 Å². The average molecular weight is 309 g/mol. The van der Waals surface area contributed by atoms with Crippen molar-refractivity contribution < 1.29 is 9.21 Å². The molecule has 2 aromatic heterocycles. The quantitative estimate of drug-likeness (QED) is 0.782. The number of H-pyrrole nitrogens is 1. The van der Waals surface area contributed by atoms with E-state index in [1.165, 1.54) is 0 Å². The molecule has 3 aromatic rings. The van der Waals surface area contributed by atoms with E-state index in [4.69, 9.17) is 4.42 Å². The molecule has 0 saturated carbocycles. The lowest BCUT2D eigenvalue weighted by molar-refractivity contribution is 0.0721. The summed E-state index contributed by atoms with van der Waals surface area (Å²) < 4.78 is 5.85. The highest BCUT2D eigenvalue weighted by atomic mass is 16.4.